The molecule has 0 N–H and O–H groups in total. The van der Waals surface area contributed by atoms with Crippen molar-refractivity contribution in [1.29, 1.82) is 5.26 Å². The van der Waals surface area contributed by atoms with Gasteiger partial charge in [0.15, 0.2) is 0 Å². The maximum absolute atomic E-state index is 8.84. The Kier molecular flexibility index (Phi) is 6.13. The minimum atomic E-state index is 0.502. The molecule has 0 saturated carbocycles. The molecule has 0 aromatic heterocycles. The summed E-state index contributed by atoms with van der Waals surface area (Å²) in [6.07, 6.45) is 3.46. The van der Waals surface area contributed by atoms with E-state index in [1.807, 2.05) is 12.1 Å². The van der Waals surface area contributed by atoms with E-state index in [-0.39, 0.29) is 0 Å². The van der Waals surface area contributed by atoms with Crippen molar-refractivity contribution in [3.05, 3.63) is 29.3 Å². The third-order valence-corrected chi connectivity index (χ3v) is 2.56. The zero-order valence-corrected chi connectivity index (χ0v) is 10.5. The standard InChI is InChI=1S/C14H19NO2/c1-3-4-5-8-17-11-13-9-12(10-15)6-7-14(13)16-2/h6-7,9H,3-5,8,11H2,1-2H3. The normalized spacial score (nSPS) is 9.94. The molecule has 0 heterocycles. The smallest absolute Gasteiger partial charge is 0.124 e. The van der Waals surface area contributed by atoms with Gasteiger partial charge in [0.25, 0.3) is 0 Å². The molecule has 0 bridgehead atoms. The lowest BCUT2D eigenvalue weighted by Gasteiger charge is -2.09. The van der Waals surface area contributed by atoms with E-state index in [0.717, 1.165) is 24.3 Å². The topological polar surface area (TPSA) is 42.2 Å². The minimum absolute atomic E-state index is 0.502. The third-order valence-electron chi connectivity index (χ3n) is 2.56. The zero-order chi connectivity index (χ0) is 12.5. The van der Waals surface area contributed by atoms with Crippen LogP contribution in [-0.2, 0) is 11.3 Å². The van der Waals surface area contributed by atoms with Gasteiger partial charge in [0.1, 0.15) is 5.75 Å². The van der Waals surface area contributed by atoms with Crippen molar-refractivity contribution < 1.29 is 9.47 Å². The van der Waals surface area contributed by atoms with Crippen molar-refractivity contribution in [1.82, 2.24) is 0 Å². The second-order valence-electron chi connectivity index (χ2n) is 3.90. The molecule has 1 aromatic rings. The van der Waals surface area contributed by atoms with Gasteiger partial charge in [-0.3, -0.25) is 0 Å². The monoisotopic (exact) mass is 233 g/mol. The molecule has 0 radical (unpaired) electrons. The molecule has 17 heavy (non-hydrogen) atoms. The van der Waals surface area contributed by atoms with Crippen LogP contribution < -0.4 is 4.74 Å². The van der Waals surface area contributed by atoms with Crippen molar-refractivity contribution >= 4 is 0 Å². The second-order valence-corrected chi connectivity index (χ2v) is 3.90. The molecule has 0 saturated heterocycles. The van der Waals surface area contributed by atoms with Crippen LogP contribution in [0.25, 0.3) is 0 Å². The van der Waals surface area contributed by atoms with Gasteiger partial charge < -0.3 is 9.47 Å². The molecule has 0 spiro atoms. The van der Waals surface area contributed by atoms with Gasteiger partial charge in [-0.2, -0.15) is 5.26 Å². The Labute approximate surface area is 103 Å². The molecule has 1 rings (SSSR count). The van der Waals surface area contributed by atoms with Crippen LogP contribution in [0, 0.1) is 11.3 Å². The summed E-state index contributed by atoms with van der Waals surface area (Å²) in [5.41, 5.74) is 1.57. The van der Waals surface area contributed by atoms with Crippen molar-refractivity contribution in [2.45, 2.75) is 32.8 Å². The fourth-order valence-corrected chi connectivity index (χ4v) is 1.60. The van der Waals surface area contributed by atoms with Crippen molar-refractivity contribution in [2.75, 3.05) is 13.7 Å². The number of unbranched alkanes of at least 4 members (excludes halogenated alkanes) is 2. The third kappa shape index (κ3) is 4.46. The van der Waals surface area contributed by atoms with Crippen LogP contribution in [-0.4, -0.2) is 13.7 Å². The fraction of sp³-hybridized carbons (Fsp3) is 0.500. The second kappa shape index (κ2) is 7.70. The average Bonchev–Trinajstić information content (AvgIpc) is 2.38. The number of nitriles is 1. The molecule has 1 aromatic carbocycles. The summed E-state index contributed by atoms with van der Waals surface area (Å²) in [7, 11) is 1.63. The highest BCUT2D eigenvalue weighted by Gasteiger charge is 2.04. The molecular formula is C14H19NO2. The first-order chi connectivity index (χ1) is 8.31. The summed E-state index contributed by atoms with van der Waals surface area (Å²) in [6, 6.07) is 7.49. The van der Waals surface area contributed by atoms with Crippen molar-refractivity contribution in [2.24, 2.45) is 0 Å². The summed E-state index contributed by atoms with van der Waals surface area (Å²) in [6.45, 7) is 3.43. The highest BCUT2D eigenvalue weighted by Crippen LogP contribution is 2.20. The van der Waals surface area contributed by atoms with E-state index in [4.69, 9.17) is 14.7 Å². The first-order valence-electron chi connectivity index (χ1n) is 5.96. The maximum Gasteiger partial charge on any atom is 0.124 e. The van der Waals surface area contributed by atoms with Gasteiger partial charge in [-0.05, 0) is 24.6 Å². The maximum atomic E-state index is 8.84. The van der Waals surface area contributed by atoms with Gasteiger partial charge in [0, 0.05) is 12.2 Å². The lowest BCUT2D eigenvalue weighted by Crippen LogP contribution is -1.99. The quantitative estimate of drug-likeness (QED) is 0.679. The van der Waals surface area contributed by atoms with Gasteiger partial charge in [-0.1, -0.05) is 19.8 Å². The summed E-state index contributed by atoms with van der Waals surface area (Å²) in [5, 5.41) is 8.84. The van der Waals surface area contributed by atoms with E-state index in [1.165, 1.54) is 12.8 Å². The van der Waals surface area contributed by atoms with Crippen LogP contribution in [0.5, 0.6) is 5.75 Å². The van der Waals surface area contributed by atoms with Crippen LogP contribution in [0.15, 0.2) is 18.2 Å². The van der Waals surface area contributed by atoms with Gasteiger partial charge in [0.05, 0.1) is 25.3 Å². The summed E-state index contributed by atoms with van der Waals surface area (Å²) in [4.78, 5) is 0. The van der Waals surface area contributed by atoms with E-state index < -0.39 is 0 Å². The first kappa shape index (κ1) is 13.5. The molecule has 0 aliphatic carbocycles. The van der Waals surface area contributed by atoms with E-state index >= 15 is 0 Å². The molecule has 0 unspecified atom stereocenters. The lowest BCUT2D eigenvalue weighted by molar-refractivity contribution is 0.115. The summed E-state index contributed by atoms with van der Waals surface area (Å²) in [5.74, 6) is 0.777. The molecule has 0 amide bonds. The predicted octanol–water partition coefficient (Wildman–Crippen LogP) is 3.27. The average molecular weight is 233 g/mol. The Bertz CT molecular complexity index is 382. The summed E-state index contributed by atoms with van der Waals surface area (Å²) < 4.78 is 10.8. The SMILES string of the molecule is CCCCCOCc1cc(C#N)ccc1OC. The number of ether oxygens (including phenoxy) is 2. The number of hydrogen-bond acceptors (Lipinski definition) is 3. The molecule has 3 nitrogen and oxygen atoms in total. The number of hydrogen-bond donors (Lipinski definition) is 0. The van der Waals surface area contributed by atoms with Crippen LogP contribution in [0.4, 0.5) is 0 Å². The fourth-order valence-electron chi connectivity index (χ4n) is 1.60. The number of benzene rings is 1. The Hall–Kier alpha value is -1.53. The van der Waals surface area contributed by atoms with Crippen molar-refractivity contribution in [3.8, 4) is 11.8 Å². The van der Waals surface area contributed by atoms with E-state index in [2.05, 4.69) is 13.0 Å². The number of rotatable bonds is 7. The molecular weight excluding hydrogens is 214 g/mol. The Morgan fingerprint density at radius 2 is 2.12 bits per heavy atom. The molecule has 0 atom stereocenters. The Morgan fingerprint density at radius 1 is 1.29 bits per heavy atom. The summed E-state index contributed by atoms with van der Waals surface area (Å²) >= 11 is 0. The van der Waals surface area contributed by atoms with Gasteiger partial charge in [0.2, 0.25) is 0 Å². The van der Waals surface area contributed by atoms with Gasteiger partial charge >= 0.3 is 0 Å². The predicted molar refractivity (Wildman–Crippen MR) is 66.9 cm³/mol. The minimum Gasteiger partial charge on any atom is -0.496 e. The van der Waals surface area contributed by atoms with E-state index in [0.29, 0.717) is 12.2 Å². The lowest BCUT2D eigenvalue weighted by atomic mass is 10.1. The van der Waals surface area contributed by atoms with Crippen LogP contribution in [0.2, 0.25) is 0 Å². The number of nitrogens with zero attached hydrogens (tertiary/aromatic N) is 1. The highest BCUT2D eigenvalue weighted by atomic mass is 16.5. The van der Waals surface area contributed by atoms with Crippen LogP contribution in [0.1, 0.15) is 37.3 Å². The van der Waals surface area contributed by atoms with Gasteiger partial charge in [-0.15, -0.1) is 0 Å². The van der Waals surface area contributed by atoms with Gasteiger partial charge in [-0.25, -0.2) is 0 Å². The molecule has 0 aliphatic rings. The van der Waals surface area contributed by atoms with Crippen LogP contribution >= 0.6 is 0 Å². The largest absolute Gasteiger partial charge is 0.496 e. The van der Waals surface area contributed by atoms with E-state index in [1.54, 1.807) is 13.2 Å². The highest BCUT2D eigenvalue weighted by molar-refractivity contribution is 5.41. The molecule has 0 fully saturated rings. The van der Waals surface area contributed by atoms with Crippen LogP contribution in [0.3, 0.4) is 0 Å². The first-order valence-corrected chi connectivity index (χ1v) is 5.96. The zero-order valence-electron chi connectivity index (χ0n) is 10.5. The molecule has 92 valence electrons. The molecule has 3 heteroatoms. The Morgan fingerprint density at radius 3 is 2.76 bits per heavy atom. The number of methoxy groups -OCH3 is 1. The molecule has 0 aliphatic heterocycles. The Balaban J connectivity index is 2.53. The van der Waals surface area contributed by atoms with E-state index in [9.17, 15) is 0 Å². The van der Waals surface area contributed by atoms with Crippen molar-refractivity contribution in [3.63, 3.8) is 0 Å².